The van der Waals surface area contributed by atoms with Gasteiger partial charge in [0.2, 0.25) is 0 Å². The van der Waals surface area contributed by atoms with E-state index in [1.165, 1.54) is 103 Å². The zero-order valence-corrected chi connectivity index (χ0v) is 35.8. The van der Waals surface area contributed by atoms with Gasteiger partial charge < -0.3 is 9.47 Å². The Morgan fingerprint density at radius 1 is 0.469 bits per heavy atom. The van der Waals surface area contributed by atoms with Gasteiger partial charge in [-0.15, -0.1) is 11.3 Å². The predicted molar refractivity (Wildman–Crippen MR) is 271 cm³/mol. The molecule has 9 aromatic carbocycles. The smallest absolute Gasteiger partial charge is 0.0709 e. The maximum absolute atomic E-state index is 2.60. The zero-order chi connectivity index (χ0) is 41.9. The largest absolute Gasteiger partial charge is 0.309 e. The molecule has 2 heterocycles. The van der Waals surface area contributed by atoms with Crippen LogP contribution in [0.5, 0.6) is 0 Å². The first-order valence-electron chi connectivity index (χ1n) is 22.4. The maximum Gasteiger partial charge on any atom is 0.0709 e. The molecular formula is C61H40N2S. The monoisotopic (exact) mass is 832 g/mol. The van der Waals surface area contributed by atoms with Gasteiger partial charge in [0.15, 0.2) is 0 Å². The van der Waals surface area contributed by atoms with Gasteiger partial charge in [0, 0.05) is 47.9 Å². The number of benzene rings is 9. The van der Waals surface area contributed by atoms with Crippen LogP contribution in [-0.4, -0.2) is 4.57 Å². The summed E-state index contributed by atoms with van der Waals surface area (Å²) in [5.41, 5.74) is 20.1. The van der Waals surface area contributed by atoms with Gasteiger partial charge in [-0.3, -0.25) is 0 Å². The summed E-state index contributed by atoms with van der Waals surface area (Å²) in [5, 5.41) is 5.11. The number of allylic oxidation sites excluding steroid dienone is 4. The van der Waals surface area contributed by atoms with Crippen molar-refractivity contribution in [2.45, 2.75) is 18.3 Å². The standard InChI is InChI=1S/C61H40N2S/c1-2-17-40(18-3-1)62-52-29-12-7-22-47(52)59-53(62)30-16-31-54(59)63(41-37-35-39(36-38-41)42-24-15-34-57-58(42)48-23-8-13-33-56(48)64-57)55-32-14-25-46-45-21-6-11-28-51(45)61(60(46)55)49-26-9-4-19-43(49)44-20-5-10-27-50(44)61/h1-9,11-26,28-38H,10,27H2. The Kier molecular flexibility index (Phi) is 7.64. The van der Waals surface area contributed by atoms with Crippen LogP contribution >= 0.6 is 11.3 Å². The van der Waals surface area contributed by atoms with Gasteiger partial charge >= 0.3 is 0 Å². The number of aromatic nitrogens is 1. The van der Waals surface area contributed by atoms with Gasteiger partial charge in [-0.05, 0) is 124 Å². The average Bonchev–Trinajstić information content (AvgIpc) is 4.09. The topological polar surface area (TPSA) is 8.17 Å². The first-order valence-corrected chi connectivity index (χ1v) is 23.2. The third kappa shape index (κ3) is 4.79. The molecule has 14 rings (SSSR count). The Morgan fingerprint density at radius 3 is 1.98 bits per heavy atom. The van der Waals surface area contributed by atoms with E-state index in [9.17, 15) is 0 Å². The molecule has 3 aliphatic rings. The van der Waals surface area contributed by atoms with Crippen LogP contribution in [-0.2, 0) is 5.41 Å². The van der Waals surface area contributed by atoms with E-state index in [4.69, 9.17) is 0 Å². The molecule has 64 heavy (non-hydrogen) atoms. The Balaban J connectivity index is 1.08. The number of hydrogen-bond donors (Lipinski definition) is 0. The summed E-state index contributed by atoms with van der Waals surface area (Å²) in [6.45, 7) is 0. The molecule has 3 heteroatoms. The van der Waals surface area contributed by atoms with Crippen LogP contribution < -0.4 is 4.90 Å². The second-order valence-electron chi connectivity index (χ2n) is 17.4. The summed E-state index contributed by atoms with van der Waals surface area (Å²) in [7, 11) is 0. The lowest BCUT2D eigenvalue weighted by atomic mass is 9.67. The second kappa shape index (κ2) is 13.6. The normalized spacial score (nSPS) is 15.9. The quantitative estimate of drug-likeness (QED) is 0.168. The van der Waals surface area contributed by atoms with E-state index >= 15 is 0 Å². The number of thiophene rings is 1. The van der Waals surface area contributed by atoms with Crippen molar-refractivity contribution >= 4 is 76.0 Å². The minimum Gasteiger partial charge on any atom is -0.309 e. The summed E-state index contributed by atoms with van der Waals surface area (Å²) in [4.78, 5) is 2.60. The minimum atomic E-state index is -0.445. The summed E-state index contributed by atoms with van der Waals surface area (Å²) >= 11 is 1.88. The van der Waals surface area contributed by atoms with Crippen molar-refractivity contribution in [2.24, 2.45) is 0 Å². The van der Waals surface area contributed by atoms with Crippen LogP contribution in [0.3, 0.4) is 0 Å². The van der Waals surface area contributed by atoms with Gasteiger partial charge in [-0.2, -0.15) is 0 Å². The molecule has 2 aromatic heterocycles. The Bertz CT molecular complexity index is 3790. The lowest BCUT2D eigenvalue weighted by molar-refractivity contribution is 0.714. The predicted octanol–water partition coefficient (Wildman–Crippen LogP) is 16.7. The van der Waals surface area contributed by atoms with Crippen molar-refractivity contribution in [1.29, 1.82) is 0 Å². The number of para-hydroxylation sites is 2. The van der Waals surface area contributed by atoms with Crippen molar-refractivity contribution in [3.05, 3.63) is 246 Å². The Hall–Kier alpha value is -7.72. The molecule has 0 radical (unpaired) electrons. The molecule has 0 saturated carbocycles. The van der Waals surface area contributed by atoms with Gasteiger partial charge in [0.1, 0.15) is 0 Å². The van der Waals surface area contributed by atoms with E-state index in [1.807, 2.05) is 11.3 Å². The minimum absolute atomic E-state index is 0.445. The number of fused-ring (bicyclic) bond motifs is 15. The first-order chi connectivity index (χ1) is 31.8. The number of nitrogens with zero attached hydrogens (tertiary/aromatic N) is 2. The molecule has 2 nitrogen and oxygen atoms in total. The fourth-order valence-corrected chi connectivity index (χ4v) is 13.0. The molecule has 11 aromatic rings. The number of anilines is 3. The highest BCUT2D eigenvalue weighted by Crippen LogP contribution is 2.66. The highest BCUT2D eigenvalue weighted by Gasteiger charge is 2.54. The van der Waals surface area contributed by atoms with Gasteiger partial charge in [0.05, 0.1) is 27.8 Å². The molecule has 1 atom stereocenters. The van der Waals surface area contributed by atoms with E-state index in [-0.39, 0.29) is 0 Å². The molecule has 1 spiro atoms. The Morgan fingerprint density at radius 2 is 1.11 bits per heavy atom. The third-order valence-corrected chi connectivity index (χ3v) is 15.4. The van der Waals surface area contributed by atoms with E-state index in [2.05, 4.69) is 228 Å². The van der Waals surface area contributed by atoms with E-state index in [0.717, 1.165) is 29.9 Å². The SMILES string of the molecule is C1=CC2=C(CC1)C1(c3ccccc32)c2ccccc2-c2cccc(N(c3ccc(-c4cccc5sc6ccccc6c45)cc3)c3cccc4c3c3ccccc3n4-c3ccccc3)c21. The highest BCUT2D eigenvalue weighted by atomic mass is 32.1. The van der Waals surface area contributed by atoms with Gasteiger partial charge in [-0.1, -0.05) is 158 Å². The Labute approximate surface area is 375 Å². The molecule has 0 amide bonds. The summed E-state index contributed by atoms with van der Waals surface area (Å²) in [6, 6.07) is 77.2. The molecule has 3 aliphatic carbocycles. The van der Waals surface area contributed by atoms with Gasteiger partial charge in [-0.25, -0.2) is 0 Å². The van der Waals surface area contributed by atoms with Crippen LogP contribution in [0.2, 0.25) is 0 Å². The van der Waals surface area contributed by atoms with Crippen LogP contribution in [0.25, 0.3) is 75.5 Å². The molecule has 0 N–H and O–H groups in total. The van der Waals surface area contributed by atoms with Crippen LogP contribution in [0.15, 0.2) is 224 Å². The van der Waals surface area contributed by atoms with Crippen molar-refractivity contribution < 1.29 is 0 Å². The molecule has 0 saturated heterocycles. The number of hydrogen-bond acceptors (Lipinski definition) is 2. The van der Waals surface area contributed by atoms with Crippen molar-refractivity contribution in [2.75, 3.05) is 4.90 Å². The first kappa shape index (κ1) is 35.8. The lowest BCUT2D eigenvalue weighted by Crippen LogP contribution is -2.30. The van der Waals surface area contributed by atoms with Crippen LogP contribution in [0, 0.1) is 0 Å². The summed E-state index contributed by atoms with van der Waals surface area (Å²) in [5.74, 6) is 0. The van der Waals surface area contributed by atoms with Crippen LogP contribution in [0.1, 0.15) is 35.1 Å². The molecule has 1 unspecified atom stereocenters. The van der Waals surface area contributed by atoms with Crippen molar-refractivity contribution in [1.82, 2.24) is 4.57 Å². The fraction of sp³-hybridized carbons (Fsp3) is 0.0492. The maximum atomic E-state index is 2.60. The molecule has 0 aliphatic heterocycles. The second-order valence-corrected chi connectivity index (χ2v) is 18.5. The van der Waals surface area contributed by atoms with Gasteiger partial charge in [0.25, 0.3) is 0 Å². The van der Waals surface area contributed by atoms with Crippen LogP contribution in [0.4, 0.5) is 17.1 Å². The summed E-state index contributed by atoms with van der Waals surface area (Å²) in [6.07, 6.45) is 6.82. The summed E-state index contributed by atoms with van der Waals surface area (Å²) < 4.78 is 5.08. The molecule has 300 valence electrons. The molecule has 0 bridgehead atoms. The number of rotatable bonds is 5. The average molecular weight is 833 g/mol. The molecular weight excluding hydrogens is 793 g/mol. The lowest BCUT2D eigenvalue weighted by Gasteiger charge is -2.37. The van der Waals surface area contributed by atoms with E-state index < -0.39 is 5.41 Å². The highest BCUT2D eigenvalue weighted by molar-refractivity contribution is 7.25. The fourth-order valence-electron chi connectivity index (χ4n) is 11.9. The third-order valence-electron chi connectivity index (χ3n) is 14.3. The zero-order valence-electron chi connectivity index (χ0n) is 35.0. The van der Waals surface area contributed by atoms with E-state index in [0.29, 0.717) is 0 Å². The molecule has 0 fully saturated rings. The van der Waals surface area contributed by atoms with Crippen molar-refractivity contribution in [3.8, 4) is 27.9 Å². The van der Waals surface area contributed by atoms with Crippen molar-refractivity contribution in [3.63, 3.8) is 0 Å². The van der Waals surface area contributed by atoms with E-state index in [1.54, 1.807) is 0 Å².